The number of nitrogens with zero attached hydrogens (tertiary/aromatic N) is 1. The normalized spacial score (nSPS) is 19.9. The van der Waals surface area contributed by atoms with E-state index in [9.17, 15) is 9.18 Å². The van der Waals surface area contributed by atoms with E-state index in [0.717, 1.165) is 30.6 Å². The van der Waals surface area contributed by atoms with Crippen LogP contribution in [0, 0.1) is 11.7 Å². The molecule has 130 valence electrons. The summed E-state index contributed by atoms with van der Waals surface area (Å²) in [7, 11) is 0. The third kappa shape index (κ3) is 3.24. The standard InChI is InChI=1S/C20H22FN3O/c21-17-7-5-16(6-8-17)19-18-4-2-1-3-15(18)9-10-24(19)20(25)23-13-14-11-22-12-14/h1-8,14,19,22H,9-13H2,(H,23,25). The number of fused-ring (bicyclic) bond motifs is 1. The Hall–Kier alpha value is -2.40. The Morgan fingerprint density at radius 1 is 1.16 bits per heavy atom. The Morgan fingerprint density at radius 2 is 1.92 bits per heavy atom. The lowest BCUT2D eigenvalue weighted by molar-refractivity contribution is 0.176. The van der Waals surface area contributed by atoms with Crippen LogP contribution in [0.5, 0.6) is 0 Å². The van der Waals surface area contributed by atoms with Crippen LogP contribution >= 0.6 is 0 Å². The Labute approximate surface area is 147 Å². The van der Waals surface area contributed by atoms with Crippen molar-refractivity contribution in [2.24, 2.45) is 5.92 Å². The molecule has 0 saturated carbocycles. The highest BCUT2D eigenvalue weighted by Crippen LogP contribution is 2.35. The van der Waals surface area contributed by atoms with Crippen molar-refractivity contribution in [2.45, 2.75) is 12.5 Å². The van der Waals surface area contributed by atoms with Gasteiger partial charge in [0.25, 0.3) is 0 Å². The number of nitrogens with one attached hydrogen (secondary N) is 2. The van der Waals surface area contributed by atoms with Gasteiger partial charge >= 0.3 is 6.03 Å². The van der Waals surface area contributed by atoms with Crippen LogP contribution in [0.4, 0.5) is 9.18 Å². The van der Waals surface area contributed by atoms with E-state index in [0.29, 0.717) is 19.0 Å². The molecule has 5 heteroatoms. The maximum atomic E-state index is 13.4. The summed E-state index contributed by atoms with van der Waals surface area (Å²) in [5.41, 5.74) is 3.32. The van der Waals surface area contributed by atoms with E-state index < -0.39 is 0 Å². The van der Waals surface area contributed by atoms with E-state index in [-0.39, 0.29) is 17.9 Å². The maximum absolute atomic E-state index is 13.4. The first kappa shape index (κ1) is 16.1. The molecule has 0 aliphatic carbocycles. The summed E-state index contributed by atoms with van der Waals surface area (Å²) in [6, 6.07) is 14.5. The van der Waals surface area contributed by atoms with E-state index in [4.69, 9.17) is 0 Å². The smallest absolute Gasteiger partial charge is 0.318 e. The Bertz CT molecular complexity index is 758. The van der Waals surface area contributed by atoms with Gasteiger partial charge in [-0.15, -0.1) is 0 Å². The molecular formula is C20H22FN3O. The molecule has 4 rings (SSSR count). The minimum Gasteiger partial charge on any atom is -0.338 e. The molecule has 25 heavy (non-hydrogen) atoms. The highest BCUT2D eigenvalue weighted by atomic mass is 19.1. The van der Waals surface area contributed by atoms with Gasteiger partial charge in [-0.05, 0) is 35.2 Å². The topological polar surface area (TPSA) is 44.4 Å². The first-order chi connectivity index (χ1) is 12.2. The quantitative estimate of drug-likeness (QED) is 0.903. The molecule has 2 heterocycles. The van der Waals surface area contributed by atoms with E-state index in [1.807, 2.05) is 17.0 Å². The van der Waals surface area contributed by atoms with Crippen LogP contribution in [0.3, 0.4) is 0 Å². The van der Waals surface area contributed by atoms with Gasteiger partial charge in [-0.3, -0.25) is 0 Å². The van der Waals surface area contributed by atoms with Crippen molar-refractivity contribution in [3.63, 3.8) is 0 Å². The highest BCUT2D eigenvalue weighted by molar-refractivity contribution is 5.76. The molecule has 2 N–H and O–H groups in total. The first-order valence-corrected chi connectivity index (χ1v) is 8.81. The average Bonchev–Trinajstić information content (AvgIpc) is 2.60. The molecule has 0 bridgehead atoms. The second-order valence-electron chi connectivity index (χ2n) is 6.81. The van der Waals surface area contributed by atoms with Gasteiger partial charge in [0.2, 0.25) is 0 Å². The fourth-order valence-corrected chi connectivity index (χ4v) is 3.62. The molecule has 1 atom stereocenters. The lowest BCUT2D eigenvalue weighted by Crippen LogP contribution is -2.52. The van der Waals surface area contributed by atoms with Crippen LogP contribution in [0.15, 0.2) is 48.5 Å². The lowest BCUT2D eigenvalue weighted by atomic mass is 9.88. The zero-order valence-corrected chi connectivity index (χ0v) is 14.0. The largest absolute Gasteiger partial charge is 0.338 e. The van der Waals surface area contributed by atoms with E-state index in [1.54, 1.807) is 12.1 Å². The third-order valence-corrected chi connectivity index (χ3v) is 5.14. The summed E-state index contributed by atoms with van der Waals surface area (Å²) in [5.74, 6) is 0.256. The van der Waals surface area contributed by atoms with Crippen molar-refractivity contribution in [1.82, 2.24) is 15.5 Å². The molecule has 2 amide bonds. The van der Waals surface area contributed by atoms with Crippen molar-refractivity contribution in [1.29, 1.82) is 0 Å². The van der Waals surface area contributed by atoms with Crippen LogP contribution < -0.4 is 10.6 Å². The molecule has 2 aliphatic rings. The van der Waals surface area contributed by atoms with Gasteiger partial charge in [0, 0.05) is 32.1 Å². The number of urea groups is 1. The van der Waals surface area contributed by atoms with Crippen molar-refractivity contribution in [3.8, 4) is 0 Å². The number of halogens is 1. The number of carbonyl (C=O) groups excluding carboxylic acids is 1. The van der Waals surface area contributed by atoms with Crippen molar-refractivity contribution >= 4 is 6.03 Å². The SMILES string of the molecule is O=C(NCC1CNC1)N1CCc2ccccc2C1c1ccc(F)cc1. The summed E-state index contributed by atoms with van der Waals surface area (Å²) >= 11 is 0. The fraction of sp³-hybridized carbons (Fsp3) is 0.350. The molecule has 1 saturated heterocycles. The molecule has 2 aromatic carbocycles. The van der Waals surface area contributed by atoms with Gasteiger partial charge in [0.05, 0.1) is 6.04 Å². The summed E-state index contributed by atoms with van der Waals surface area (Å²) in [4.78, 5) is 14.7. The fourth-order valence-electron chi connectivity index (χ4n) is 3.62. The van der Waals surface area contributed by atoms with Crippen molar-refractivity contribution < 1.29 is 9.18 Å². The van der Waals surface area contributed by atoms with E-state index >= 15 is 0 Å². The van der Waals surface area contributed by atoms with Gasteiger partial charge in [-0.25, -0.2) is 9.18 Å². The maximum Gasteiger partial charge on any atom is 0.318 e. The van der Waals surface area contributed by atoms with E-state index in [2.05, 4.69) is 22.8 Å². The molecule has 1 fully saturated rings. The van der Waals surface area contributed by atoms with Gasteiger partial charge in [-0.2, -0.15) is 0 Å². The van der Waals surface area contributed by atoms with E-state index in [1.165, 1.54) is 17.7 Å². The van der Waals surface area contributed by atoms with Gasteiger partial charge in [0.1, 0.15) is 5.82 Å². The molecule has 0 spiro atoms. The predicted octanol–water partition coefficient (Wildman–Crippen LogP) is 2.70. The number of amides is 2. The van der Waals surface area contributed by atoms with Crippen LogP contribution in [0.25, 0.3) is 0 Å². The summed E-state index contributed by atoms with van der Waals surface area (Å²) in [6.45, 7) is 3.28. The number of carbonyl (C=O) groups is 1. The zero-order chi connectivity index (χ0) is 17.2. The molecule has 2 aliphatic heterocycles. The number of hydrogen-bond acceptors (Lipinski definition) is 2. The van der Waals surface area contributed by atoms with Crippen LogP contribution in [0.1, 0.15) is 22.7 Å². The van der Waals surface area contributed by atoms with Gasteiger partial charge < -0.3 is 15.5 Å². The second-order valence-corrected chi connectivity index (χ2v) is 6.81. The Morgan fingerprint density at radius 3 is 2.64 bits per heavy atom. The molecule has 1 unspecified atom stereocenters. The number of hydrogen-bond donors (Lipinski definition) is 2. The summed E-state index contributed by atoms with van der Waals surface area (Å²) < 4.78 is 13.4. The first-order valence-electron chi connectivity index (χ1n) is 8.81. The lowest BCUT2D eigenvalue weighted by Gasteiger charge is -2.38. The van der Waals surface area contributed by atoms with Crippen LogP contribution in [-0.2, 0) is 6.42 Å². The minimum absolute atomic E-state index is 0.0456. The molecule has 4 nitrogen and oxygen atoms in total. The molecular weight excluding hydrogens is 317 g/mol. The van der Waals surface area contributed by atoms with Crippen LogP contribution in [-0.4, -0.2) is 37.1 Å². The predicted molar refractivity (Wildman–Crippen MR) is 94.9 cm³/mol. The monoisotopic (exact) mass is 339 g/mol. The van der Waals surface area contributed by atoms with Crippen molar-refractivity contribution in [3.05, 3.63) is 71.0 Å². The average molecular weight is 339 g/mol. The van der Waals surface area contributed by atoms with Gasteiger partial charge in [0.15, 0.2) is 0 Å². The van der Waals surface area contributed by atoms with Crippen LogP contribution in [0.2, 0.25) is 0 Å². The number of benzene rings is 2. The minimum atomic E-state index is -0.263. The molecule has 0 aromatic heterocycles. The highest BCUT2D eigenvalue weighted by Gasteiger charge is 2.32. The van der Waals surface area contributed by atoms with Crippen molar-refractivity contribution in [2.75, 3.05) is 26.2 Å². The second kappa shape index (κ2) is 6.84. The zero-order valence-electron chi connectivity index (χ0n) is 14.0. The molecule has 2 aromatic rings. The van der Waals surface area contributed by atoms with Gasteiger partial charge in [-0.1, -0.05) is 36.4 Å². The Kier molecular flexibility index (Phi) is 4.40. The number of rotatable bonds is 3. The third-order valence-electron chi connectivity index (χ3n) is 5.14. The Balaban J connectivity index is 1.62. The summed E-state index contributed by atoms with van der Waals surface area (Å²) in [5, 5.41) is 6.29. The summed E-state index contributed by atoms with van der Waals surface area (Å²) in [6.07, 6.45) is 0.840. The molecule has 0 radical (unpaired) electrons.